The van der Waals surface area contributed by atoms with Gasteiger partial charge in [0.05, 0.1) is 6.54 Å². The van der Waals surface area contributed by atoms with Crippen molar-refractivity contribution in [2.24, 2.45) is 5.41 Å². The van der Waals surface area contributed by atoms with E-state index in [4.69, 9.17) is 5.11 Å². The number of carbonyl (C=O) groups excluding carboxylic acids is 1. The lowest BCUT2D eigenvalue weighted by Crippen LogP contribution is -2.33. The largest absolute Gasteiger partial charge is 0.396 e. The van der Waals surface area contributed by atoms with Crippen LogP contribution in [0.2, 0.25) is 0 Å². The minimum Gasteiger partial charge on any atom is -0.396 e. The molecule has 0 aromatic heterocycles. The number of amides is 1. The van der Waals surface area contributed by atoms with Gasteiger partial charge < -0.3 is 15.7 Å². The summed E-state index contributed by atoms with van der Waals surface area (Å²) in [5, 5.41) is 14.6. The number of hydrogen-bond acceptors (Lipinski definition) is 3. The van der Waals surface area contributed by atoms with Crippen LogP contribution in [0.5, 0.6) is 0 Å². The van der Waals surface area contributed by atoms with Gasteiger partial charge in [0.25, 0.3) is 0 Å². The summed E-state index contributed by atoms with van der Waals surface area (Å²) in [6.07, 6.45) is 1.83. The third kappa shape index (κ3) is 9.97. The minimum absolute atomic E-state index is 0. The highest BCUT2D eigenvalue weighted by molar-refractivity contribution is 5.85. The van der Waals surface area contributed by atoms with Crippen LogP contribution in [0.4, 0.5) is 0 Å². The van der Waals surface area contributed by atoms with Gasteiger partial charge >= 0.3 is 0 Å². The molecule has 1 amide bonds. The molecule has 0 radical (unpaired) electrons. The molecule has 0 saturated carbocycles. The monoisotopic (exact) mass is 238 g/mol. The summed E-state index contributed by atoms with van der Waals surface area (Å²) in [6, 6.07) is 0. The Kier molecular flexibility index (Phi) is 10.2. The topological polar surface area (TPSA) is 61.4 Å². The number of hydrogen-bond donors (Lipinski definition) is 3. The molecule has 0 aliphatic rings. The first-order valence-corrected chi connectivity index (χ1v) is 5.04. The standard InChI is InChI=1S/C10H22N2O2.ClH/c1-10(2,8-13)5-4-6-12-9(14)7-11-3;/h11,13H,4-8H2,1-3H3,(H,12,14);1H. The predicted octanol–water partition coefficient (Wildman–Crippen LogP) is 0.542. The molecule has 0 unspecified atom stereocenters. The van der Waals surface area contributed by atoms with Gasteiger partial charge in [-0.05, 0) is 25.3 Å². The van der Waals surface area contributed by atoms with E-state index in [0.717, 1.165) is 12.8 Å². The van der Waals surface area contributed by atoms with Crippen molar-refractivity contribution in [2.75, 3.05) is 26.7 Å². The van der Waals surface area contributed by atoms with Gasteiger partial charge in [0.2, 0.25) is 5.91 Å². The van der Waals surface area contributed by atoms with E-state index in [1.165, 1.54) is 0 Å². The van der Waals surface area contributed by atoms with E-state index in [1.807, 2.05) is 13.8 Å². The number of likely N-dealkylation sites (N-methyl/N-ethyl adjacent to an activating group) is 1. The molecule has 0 spiro atoms. The Morgan fingerprint density at radius 2 is 2.00 bits per heavy atom. The fraction of sp³-hybridized carbons (Fsp3) is 0.900. The Bertz CT molecular complexity index is 175. The second-order valence-electron chi connectivity index (χ2n) is 4.31. The van der Waals surface area contributed by atoms with Gasteiger partial charge in [-0.3, -0.25) is 4.79 Å². The van der Waals surface area contributed by atoms with Gasteiger partial charge in [-0.15, -0.1) is 12.4 Å². The smallest absolute Gasteiger partial charge is 0.233 e. The summed E-state index contributed by atoms with van der Waals surface area (Å²) in [5.74, 6) is 0.0225. The lowest BCUT2D eigenvalue weighted by atomic mass is 9.89. The average molecular weight is 239 g/mol. The molecule has 92 valence electrons. The molecular weight excluding hydrogens is 216 g/mol. The van der Waals surface area contributed by atoms with Crippen LogP contribution in [-0.4, -0.2) is 37.8 Å². The number of rotatable bonds is 7. The molecule has 0 rings (SSSR count). The van der Waals surface area contributed by atoms with E-state index in [9.17, 15) is 4.79 Å². The number of aliphatic hydroxyl groups is 1. The summed E-state index contributed by atoms with van der Waals surface area (Å²) >= 11 is 0. The third-order valence-corrected chi connectivity index (χ3v) is 2.12. The minimum atomic E-state index is -0.0340. The highest BCUT2D eigenvalue weighted by Gasteiger charge is 2.15. The van der Waals surface area contributed by atoms with Crippen LogP contribution >= 0.6 is 12.4 Å². The van der Waals surface area contributed by atoms with Crippen LogP contribution in [0.3, 0.4) is 0 Å². The summed E-state index contributed by atoms with van der Waals surface area (Å²) in [4.78, 5) is 11.0. The van der Waals surface area contributed by atoms with Gasteiger partial charge in [-0.2, -0.15) is 0 Å². The van der Waals surface area contributed by atoms with E-state index in [1.54, 1.807) is 7.05 Å². The van der Waals surface area contributed by atoms with Gasteiger partial charge in [-0.1, -0.05) is 13.8 Å². The molecule has 0 fully saturated rings. The Labute approximate surface area is 98.2 Å². The molecule has 3 N–H and O–H groups in total. The summed E-state index contributed by atoms with van der Waals surface area (Å²) in [6.45, 7) is 5.27. The predicted molar refractivity (Wildman–Crippen MR) is 64.3 cm³/mol. The molecule has 0 aliphatic carbocycles. The fourth-order valence-corrected chi connectivity index (χ4v) is 1.10. The first-order valence-electron chi connectivity index (χ1n) is 5.04. The molecule has 0 saturated heterocycles. The van der Waals surface area contributed by atoms with Crippen molar-refractivity contribution in [3.8, 4) is 0 Å². The van der Waals surface area contributed by atoms with E-state index < -0.39 is 0 Å². The first-order chi connectivity index (χ1) is 6.52. The molecule has 0 atom stereocenters. The second kappa shape index (κ2) is 8.95. The zero-order valence-electron chi connectivity index (χ0n) is 9.80. The first kappa shape index (κ1) is 17.1. The second-order valence-corrected chi connectivity index (χ2v) is 4.31. The lowest BCUT2D eigenvalue weighted by molar-refractivity contribution is -0.120. The maximum Gasteiger partial charge on any atom is 0.233 e. The van der Waals surface area contributed by atoms with Crippen molar-refractivity contribution in [3.63, 3.8) is 0 Å². The van der Waals surface area contributed by atoms with Crippen LogP contribution in [0, 0.1) is 5.41 Å². The fourth-order valence-electron chi connectivity index (χ4n) is 1.10. The van der Waals surface area contributed by atoms with E-state index in [-0.39, 0.29) is 30.3 Å². The Morgan fingerprint density at radius 3 is 2.47 bits per heavy atom. The molecule has 4 nitrogen and oxygen atoms in total. The molecule has 5 heteroatoms. The van der Waals surface area contributed by atoms with Gasteiger partial charge in [0.1, 0.15) is 0 Å². The van der Waals surface area contributed by atoms with Gasteiger partial charge in [-0.25, -0.2) is 0 Å². The van der Waals surface area contributed by atoms with Crippen molar-refractivity contribution < 1.29 is 9.90 Å². The Morgan fingerprint density at radius 1 is 1.40 bits per heavy atom. The molecule has 0 bridgehead atoms. The highest BCUT2D eigenvalue weighted by atomic mass is 35.5. The van der Waals surface area contributed by atoms with Crippen molar-refractivity contribution in [1.29, 1.82) is 0 Å². The average Bonchev–Trinajstić information content (AvgIpc) is 2.13. The number of halogens is 1. The normalized spacial score (nSPS) is 10.7. The zero-order valence-corrected chi connectivity index (χ0v) is 10.6. The van der Waals surface area contributed by atoms with E-state index >= 15 is 0 Å². The molecular formula is C10H23ClN2O2. The van der Waals surface area contributed by atoms with Crippen LogP contribution in [-0.2, 0) is 4.79 Å². The van der Waals surface area contributed by atoms with Crippen molar-refractivity contribution in [1.82, 2.24) is 10.6 Å². The van der Waals surface area contributed by atoms with Crippen LogP contribution in [0.25, 0.3) is 0 Å². The SMILES string of the molecule is CNCC(=O)NCCCC(C)(C)CO.Cl. The molecule has 0 aliphatic heterocycles. The maximum atomic E-state index is 11.0. The molecule has 0 aromatic rings. The maximum absolute atomic E-state index is 11.0. The van der Waals surface area contributed by atoms with E-state index in [2.05, 4.69) is 10.6 Å². The van der Waals surface area contributed by atoms with Crippen molar-refractivity contribution in [2.45, 2.75) is 26.7 Å². The Hall–Kier alpha value is -0.320. The number of aliphatic hydroxyl groups excluding tert-OH is 1. The van der Waals surface area contributed by atoms with Crippen LogP contribution in [0.15, 0.2) is 0 Å². The van der Waals surface area contributed by atoms with Crippen LogP contribution in [0.1, 0.15) is 26.7 Å². The summed E-state index contributed by atoms with van der Waals surface area (Å²) in [5.41, 5.74) is -0.0340. The highest BCUT2D eigenvalue weighted by Crippen LogP contribution is 2.20. The summed E-state index contributed by atoms with van der Waals surface area (Å²) < 4.78 is 0. The molecule has 0 aromatic carbocycles. The number of nitrogens with one attached hydrogen (secondary N) is 2. The molecule has 15 heavy (non-hydrogen) atoms. The molecule has 0 heterocycles. The third-order valence-electron chi connectivity index (χ3n) is 2.12. The lowest BCUT2D eigenvalue weighted by Gasteiger charge is -2.21. The summed E-state index contributed by atoms with van der Waals surface area (Å²) in [7, 11) is 1.74. The van der Waals surface area contributed by atoms with Crippen molar-refractivity contribution >= 4 is 18.3 Å². The quantitative estimate of drug-likeness (QED) is 0.568. The Balaban J connectivity index is 0. The van der Waals surface area contributed by atoms with E-state index in [0.29, 0.717) is 13.1 Å². The van der Waals surface area contributed by atoms with Crippen LogP contribution < -0.4 is 10.6 Å². The van der Waals surface area contributed by atoms with Gasteiger partial charge in [0.15, 0.2) is 0 Å². The number of carbonyl (C=O) groups is 1. The van der Waals surface area contributed by atoms with Crippen molar-refractivity contribution in [3.05, 3.63) is 0 Å². The zero-order chi connectivity index (χ0) is 11.0. The van der Waals surface area contributed by atoms with Gasteiger partial charge in [0, 0.05) is 13.2 Å².